The summed E-state index contributed by atoms with van der Waals surface area (Å²) in [4.78, 5) is 23.0. The Bertz CT molecular complexity index is 886. The van der Waals surface area contributed by atoms with Crippen LogP contribution in [0.2, 0.25) is 0 Å². The zero-order valence-electron chi connectivity index (χ0n) is 11.6. The van der Waals surface area contributed by atoms with E-state index in [1.807, 2.05) is 6.92 Å². The molecule has 0 saturated heterocycles. The van der Waals surface area contributed by atoms with Gasteiger partial charge in [-0.3, -0.25) is 19.6 Å². The number of nitrogens with one attached hydrogen (secondary N) is 2. The van der Waals surface area contributed by atoms with Crippen LogP contribution in [-0.2, 0) is 10.0 Å². The number of hydrogen-bond donors (Lipinski definition) is 2. The number of sulfonamides is 1. The summed E-state index contributed by atoms with van der Waals surface area (Å²) in [7, 11) is -3.83. The number of fused-ring (bicyclic) bond motifs is 1. The van der Waals surface area contributed by atoms with Crippen molar-refractivity contribution in [1.29, 1.82) is 0 Å². The molecule has 22 heavy (non-hydrogen) atoms. The van der Waals surface area contributed by atoms with Crippen molar-refractivity contribution >= 4 is 27.5 Å². The number of rotatable bonds is 3. The maximum Gasteiger partial charge on any atom is 0.261 e. The van der Waals surface area contributed by atoms with Crippen molar-refractivity contribution in [2.24, 2.45) is 0 Å². The maximum atomic E-state index is 12.3. The smallest absolute Gasteiger partial charge is 0.261 e. The number of aryl methyl sites for hydroxylation is 1. The zero-order valence-corrected chi connectivity index (χ0v) is 12.4. The summed E-state index contributed by atoms with van der Waals surface area (Å²) in [5.74, 6) is -1.11. The molecule has 0 fully saturated rings. The van der Waals surface area contributed by atoms with Crippen LogP contribution in [0.25, 0.3) is 0 Å². The van der Waals surface area contributed by atoms with Crippen molar-refractivity contribution in [3.05, 3.63) is 59.2 Å². The molecule has 112 valence electrons. The fourth-order valence-electron chi connectivity index (χ4n) is 2.15. The van der Waals surface area contributed by atoms with E-state index in [-0.39, 0.29) is 16.0 Å². The normalized spacial score (nSPS) is 13.7. The molecule has 0 radical (unpaired) electrons. The maximum absolute atomic E-state index is 12.3. The lowest BCUT2D eigenvalue weighted by Gasteiger charge is -2.09. The van der Waals surface area contributed by atoms with Crippen molar-refractivity contribution in [3.8, 4) is 0 Å². The standard InChI is InChI=1S/C15H12N2O4S/c1-9-2-4-10(5-3-9)17-22(20,21)11-6-7-12-13(8-11)15(19)16-14(12)18/h2-8,17H,1H3,(H,16,18,19). The summed E-state index contributed by atoms with van der Waals surface area (Å²) < 4.78 is 27.1. The molecule has 3 rings (SSSR count). The topological polar surface area (TPSA) is 92.3 Å². The Kier molecular flexibility index (Phi) is 3.22. The van der Waals surface area contributed by atoms with E-state index in [4.69, 9.17) is 0 Å². The molecule has 0 aliphatic carbocycles. The van der Waals surface area contributed by atoms with Crippen LogP contribution in [-0.4, -0.2) is 20.2 Å². The van der Waals surface area contributed by atoms with Gasteiger partial charge < -0.3 is 0 Å². The van der Waals surface area contributed by atoms with E-state index in [1.54, 1.807) is 24.3 Å². The molecule has 2 aromatic rings. The molecule has 0 atom stereocenters. The second-order valence-electron chi connectivity index (χ2n) is 4.96. The minimum atomic E-state index is -3.83. The molecule has 7 heteroatoms. The highest BCUT2D eigenvalue weighted by Gasteiger charge is 2.28. The quantitative estimate of drug-likeness (QED) is 0.843. The average Bonchev–Trinajstić information content (AvgIpc) is 2.76. The molecule has 0 unspecified atom stereocenters. The molecule has 1 heterocycles. The molecule has 6 nitrogen and oxygen atoms in total. The minimum Gasteiger partial charge on any atom is -0.288 e. The molecule has 1 aliphatic rings. The summed E-state index contributed by atoms with van der Waals surface area (Å²) in [5, 5.41) is 2.12. The second-order valence-corrected chi connectivity index (χ2v) is 6.64. The first-order valence-electron chi connectivity index (χ1n) is 6.46. The largest absolute Gasteiger partial charge is 0.288 e. The Labute approximate surface area is 127 Å². The van der Waals surface area contributed by atoms with Gasteiger partial charge in [0.25, 0.3) is 21.8 Å². The van der Waals surface area contributed by atoms with Crippen LogP contribution >= 0.6 is 0 Å². The fourth-order valence-corrected chi connectivity index (χ4v) is 3.23. The predicted octanol–water partition coefficient (Wildman–Crippen LogP) is 1.68. The number of benzene rings is 2. The Balaban J connectivity index is 1.96. The fraction of sp³-hybridized carbons (Fsp3) is 0.0667. The first-order valence-corrected chi connectivity index (χ1v) is 7.94. The van der Waals surface area contributed by atoms with E-state index in [9.17, 15) is 18.0 Å². The van der Waals surface area contributed by atoms with E-state index >= 15 is 0 Å². The number of hydrogen-bond acceptors (Lipinski definition) is 4. The van der Waals surface area contributed by atoms with Crippen LogP contribution in [0.1, 0.15) is 26.3 Å². The van der Waals surface area contributed by atoms with Gasteiger partial charge in [-0.1, -0.05) is 17.7 Å². The van der Waals surface area contributed by atoms with Crippen molar-refractivity contribution < 1.29 is 18.0 Å². The van der Waals surface area contributed by atoms with Gasteiger partial charge in [0, 0.05) is 5.69 Å². The third-order valence-electron chi connectivity index (χ3n) is 3.32. The number of amides is 2. The van der Waals surface area contributed by atoms with E-state index in [2.05, 4.69) is 10.0 Å². The highest BCUT2D eigenvalue weighted by molar-refractivity contribution is 7.92. The predicted molar refractivity (Wildman–Crippen MR) is 80.2 cm³/mol. The zero-order chi connectivity index (χ0) is 15.9. The van der Waals surface area contributed by atoms with Gasteiger partial charge in [0.05, 0.1) is 16.0 Å². The van der Waals surface area contributed by atoms with Gasteiger partial charge in [-0.2, -0.15) is 0 Å². The summed E-state index contributed by atoms with van der Waals surface area (Å²) in [6.07, 6.45) is 0. The lowest BCUT2D eigenvalue weighted by atomic mass is 10.1. The van der Waals surface area contributed by atoms with Gasteiger partial charge in [-0.25, -0.2) is 8.42 Å². The Morgan fingerprint density at radius 3 is 2.23 bits per heavy atom. The lowest BCUT2D eigenvalue weighted by Crippen LogP contribution is -2.19. The molecule has 0 saturated carbocycles. The van der Waals surface area contributed by atoms with Gasteiger partial charge >= 0.3 is 0 Å². The van der Waals surface area contributed by atoms with E-state index < -0.39 is 21.8 Å². The minimum absolute atomic E-state index is 0.0665. The third-order valence-corrected chi connectivity index (χ3v) is 4.70. The molecule has 0 spiro atoms. The van der Waals surface area contributed by atoms with E-state index in [0.717, 1.165) is 5.56 Å². The van der Waals surface area contributed by atoms with Crippen molar-refractivity contribution in [1.82, 2.24) is 5.32 Å². The van der Waals surface area contributed by atoms with Crippen molar-refractivity contribution in [3.63, 3.8) is 0 Å². The van der Waals surface area contributed by atoms with Crippen LogP contribution in [0.4, 0.5) is 5.69 Å². The van der Waals surface area contributed by atoms with E-state index in [1.165, 1.54) is 18.2 Å². The summed E-state index contributed by atoms with van der Waals surface area (Å²) in [6.45, 7) is 1.90. The van der Waals surface area contributed by atoms with Crippen LogP contribution in [0.15, 0.2) is 47.4 Å². The molecular formula is C15H12N2O4S. The first kappa shape index (κ1) is 14.3. The molecule has 2 aromatic carbocycles. The summed E-state index contributed by atoms with van der Waals surface area (Å²) in [6, 6.07) is 10.7. The van der Waals surface area contributed by atoms with Gasteiger partial charge in [0.2, 0.25) is 0 Å². The average molecular weight is 316 g/mol. The van der Waals surface area contributed by atoms with Gasteiger partial charge in [0.1, 0.15) is 0 Å². The molecule has 0 bridgehead atoms. The van der Waals surface area contributed by atoms with E-state index in [0.29, 0.717) is 5.69 Å². The number of anilines is 1. The Morgan fingerprint density at radius 2 is 1.55 bits per heavy atom. The Morgan fingerprint density at radius 1 is 0.909 bits per heavy atom. The molecule has 0 aromatic heterocycles. The first-order chi connectivity index (χ1) is 10.4. The molecule has 2 amide bonds. The van der Waals surface area contributed by atoms with Crippen LogP contribution < -0.4 is 10.0 Å². The summed E-state index contributed by atoms with van der Waals surface area (Å²) >= 11 is 0. The number of carbonyl (C=O) groups is 2. The lowest BCUT2D eigenvalue weighted by molar-refractivity contribution is 0.0879. The van der Waals surface area contributed by atoms with Crippen LogP contribution in [0, 0.1) is 6.92 Å². The van der Waals surface area contributed by atoms with Crippen LogP contribution in [0.3, 0.4) is 0 Å². The summed E-state index contributed by atoms with van der Waals surface area (Å²) in [5.41, 5.74) is 1.68. The van der Waals surface area contributed by atoms with Gasteiger partial charge in [0.15, 0.2) is 0 Å². The Hall–Kier alpha value is -2.67. The van der Waals surface area contributed by atoms with Gasteiger partial charge in [-0.15, -0.1) is 0 Å². The molecule has 1 aliphatic heterocycles. The van der Waals surface area contributed by atoms with Crippen molar-refractivity contribution in [2.45, 2.75) is 11.8 Å². The van der Waals surface area contributed by atoms with Crippen LogP contribution in [0.5, 0.6) is 0 Å². The van der Waals surface area contributed by atoms with Gasteiger partial charge in [-0.05, 0) is 37.3 Å². The third kappa shape index (κ3) is 2.46. The van der Waals surface area contributed by atoms with Crippen molar-refractivity contribution in [2.75, 3.05) is 4.72 Å². The molecular weight excluding hydrogens is 304 g/mol. The highest BCUT2D eigenvalue weighted by Crippen LogP contribution is 2.22. The monoisotopic (exact) mass is 316 g/mol. The number of imide groups is 1. The highest BCUT2D eigenvalue weighted by atomic mass is 32.2. The molecule has 2 N–H and O–H groups in total. The number of carbonyl (C=O) groups excluding carboxylic acids is 2. The SMILES string of the molecule is Cc1ccc(NS(=O)(=O)c2ccc3c(c2)C(=O)NC3=O)cc1. The second kappa shape index (κ2) is 4.96.